The summed E-state index contributed by atoms with van der Waals surface area (Å²) in [7, 11) is 0. The van der Waals surface area contributed by atoms with Crippen LogP contribution in [0.5, 0.6) is 5.75 Å². The van der Waals surface area contributed by atoms with E-state index in [0.717, 1.165) is 28.3 Å². The number of nitrogens with one attached hydrogen (secondary N) is 3. The normalized spacial score (nSPS) is 15.6. The summed E-state index contributed by atoms with van der Waals surface area (Å²) in [6, 6.07) is 19.9. The molecular formula is C33H43ClN4O4. The zero-order chi connectivity index (χ0) is 29.4. The number of hydrogen-bond acceptors (Lipinski definition) is 5. The first-order valence-electron chi connectivity index (χ1n) is 14.5. The van der Waals surface area contributed by atoms with Gasteiger partial charge >= 0.3 is 0 Å². The molecule has 3 aromatic rings. The Labute approximate surface area is 254 Å². The molecule has 226 valence electrons. The number of carbonyl (C=O) groups is 3. The highest BCUT2D eigenvalue weighted by atomic mass is 35.5. The van der Waals surface area contributed by atoms with Gasteiger partial charge in [-0.15, -0.1) is 12.4 Å². The lowest BCUT2D eigenvalue weighted by molar-refractivity contribution is -0.145. The number of para-hydroxylation sites is 1. The standard InChI is InChI=1S/C33H42N4O4.ClH/c1-33(2,3)32(41)37-19-8-13-28(37)31(40)36-27(21-23-15-16-24-10-4-5-11-25(24)20-23)30(39)35-18-9-17-34-22-26-12-6-7-14-29(26)38;/h4-7,10-12,14-16,20,27-28,34,38H,8-9,13,17-19,21-22H2,1-3H3,(H,35,39)(H,36,40);1H/t27-,28?;/m1./s1. The zero-order valence-electron chi connectivity index (χ0n) is 24.7. The van der Waals surface area contributed by atoms with Crippen molar-refractivity contribution in [3.63, 3.8) is 0 Å². The van der Waals surface area contributed by atoms with Gasteiger partial charge in [0.2, 0.25) is 17.7 Å². The number of rotatable bonds is 11. The molecule has 0 bridgehead atoms. The minimum atomic E-state index is -0.773. The Hall–Kier alpha value is -3.62. The molecule has 8 nitrogen and oxygen atoms in total. The zero-order valence-corrected chi connectivity index (χ0v) is 25.5. The van der Waals surface area contributed by atoms with E-state index in [-0.39, 0.29) is 35.9 Å². The van der Waals surface area contributed by atoms with Crippen molar-refractivity contribution in [3.05, 3.63) is 77.9 Å². The molecule has 1 aliphatic rings. The topological polar surface area (TPSA) is 111 Å². The molecule has 4 rings (SSSR count). The first-order chi connectivity index (χ1) is 19.6. The van der Waals surface area contributed by atoms with Gasteiger partial charge in [0.1, 0.15) is 17.8 Å². The van der Waals surface area contributed by atoms with Crippen molar-refractivity contribution in [2.45, 2.75) is 65.1 Å². The maximum absolute atomic E-state index is 13.5. The molecule has 1 saturated heterocycles. The van der Waals surface area contributed by atoms with Crippen LogP contribution in [0, 0.1) is 5.41 Å². The third kappa shape index (κ3) is 8.69. The van der Waals surface area contributed by atoms with Crippen LogP contribution in [0.1, 0.15) is 51.2 Å². The number of benzene rings is 3. The number of halogens is 1. The summed E-state index contributed by atoms with van der Waals surface area (Å²) in [6.45, 7) is 7.75. The van der Waals surface area contributed by atoms with E-state index in [4.69, 9.17) is 0 Å². The van der Waals surface area contributed by atoms with Crippen molar-refractivity contribution in [1.29, 1.82) is 0 Å². The summed E-state index contributed by atoms with van der Waals surface area (Å²) >= 11 is 0. The number of likely N-dealkylation sites (tertiary alicyclic amines) is 1. The minimum absolute atomic E-state index is 0. The van der Waals surface area contributed by atoms with Crippen LogP contribution in [-0.4, -0.2) is 59.4 Å². The third-order valence-corrected chi connectivity index (χ3v) is 7.48. The van der Waals surface area contributed by atoms with E-state index in [9.17, 15) is 19.5 Å². The largest absolute Gasteiger partial charge is 0.508 e. The van der Waals surface area contributed by atoms with Crippen LogP contribution >= 0.6 is 12.4 Å². The fraction of sp³-hybridized carbons (Fsp3) is 0.424. The average molecular weight is 595 g/mol. The Bertz CT molecular complexity index is 1370. The summed E-state index contributed by atoms with van der Waals surface area (Å²) < 4.78 is 0. The molecule has 0 saturated carbocycles. The fourth-order valence-electron chi connectivity index (χ4n) is 5.22. The quantitative estimate of drug-likeness (QED) is 0.247. The van der Waals surface area contributed by atoms with Gasteiger partial charge < -0.3 is 26.0 Å². The number of phenols is 1. The van der Waals surface area contributed by atoms with Crippen LogP contribution in [0.4, 0.5) is 0 Å². The van der Waals surface area contributed by atoms with Crippen molar-refractivity contribution in [2.24, 2.45) is 5.41 Å². The van der Waals surface area contributed by atoms with Crippen molar-refractivity contribution in [1.82, 2.24) is 20.9 Å². The van der Waals surface area contributed by atoms with Crippen LogP contribution < -0.4 is 16.0 Å². The number of amides is 3. The molecule has 3 aromatic carbocycles. The number of fused-ring (bicyclic) bond motifs is 1. The highest BCUT2D eigenvalue weighted by molar-refractivity contribution is 5.93. The molecule has 9 heteroatoms. The monoisotopic (exact) mass is 594 g/mol. The molecule has 0 aromatic heterocycles. The molecule has 0 aliphatic carbocycles. The maximum Gasteiger partial charge on any atom is 0.243 e. The van der Waals surface area contributed by atoms with Gasteiger partial charge in [0.05, 0.1) is 0 Å². The number of nitrogens with zero attached hydrogens (tertiary/aromatic N) is 1. The Morgan fingerprint density at radius 1 is 0.976 bits per heavy atom. The molecule has 1 fully saturated rings. The smallest absolute Gasteiger partial charge is 0.243 e. The van der Waals surface area contributed by atoms with Gasteiger partial charge in [0.25, 0.3) is 0 Å². The number of hydrogen-bond donors (Lipinski definition) is 4. The van der Waals surface area contributed by atoms with Crippen LogP contribution in [0.15, 0.2) is 66.7 Å². The molecule has 4 N–H and O–H groups in total. The molecule has 0 spiro atoms. The van der Waals surface area contributed by atoms with Gasteiger partial charge in [-0.3, -0.25) is 14.4 Å². The molecule has 3 amide bonds. The lowest BCUT2D eigenvalue weighted by Crippen LogP contribution is -2.55. The highest BCUT2D eigenvalue weighted by Gasteiger charge is 2.39. The fourth-order valence-corrected chi connectivity index (χ4v) is 5.22. The van der Waals surface area contributed by atoms with Crippen molar-refractivity contribution >= 4 is 40.9 Å². The van der Waals surface area contributed by atoms with Crippen LogP contribution in [0.2, 0.25) is 0 Å². The lowest BCUT2D eigenvalue weighted by Gasteiger charge is -2.31. The Kier molecular flexibility index (Phi) is 11.8. The highest BCUT2D eigenvalue weighted by Crippen LogP contribution is 2.26. The summed E-state index contributed by atoms with van der Waals surface area (Å²) in [6.07, 6.45) is 2.37. The van der Waals surface area contributed by atoms with Gasteiger partial charge in [-0.2, -0.15) is 0 Å². The van der Waals surface area contributed by atoms with E-state index in [1.807, 2.05) is 69.3 Å². The van der Waals surface area contributed by atoms with E-state index in [0.29, 0.717) is 45.4 Å². The summed E-state index contributed by atoms with van der Waals surface area (Å²) in [4.78, 5) is 41.5. The van der Waals surface area contributed by atoms with Crippen LogP contribution in [0.25, 0.3) is 10.8 Å². The predicted molar refractivity (Wildman–Crippen MR) is 168 cm³/mol. The first-order valence-corrected chi connectivity index (χ1v) is 14.5. The van der Waals surface area contributed by atoms with Gasteiger partial charge in [-0.25, -0.2) is 0 Å². The summed E-state index contributed by atoms with van der Waals surface area (Å²) in [5, 5.41) is 21.3. The van der Waals surface area contributed by atoms with E-state index >= 15 is 0 Å². The number of phenolic OH excluding ortho intramolecular Hbond substituents is 1. The van der Waals surface area contributed by atoms with Gasteiger partial charge in [0.15, 0.2) is 0 Å². The number of carbonyl (C=O) groups excluding carboxylic acids is 3. The molecule has 2 atom stereocenters. The summed E-state index contributed by atoms with van der Waals surface area (Å²) in [5.74, 6) is -0.336. The van der Waals surface area contributed by atoms with Gasteiger partial charge in [-0.05, 0) is 48.2 Å². The minimum Gasteiger partial charge on any atom is -0.508 e. The second-order valence-electron chi connectivity index (χ2n) is 11.8. The molecule has 1 heterocycles. The van der Waals surface area contributed by atoms with E-state index in [2.05, 4.69) is 22.0 Å². The molecule has 1 unspecified atom stereocenters. The van der Waals surface area contributed by atoms with Gasteiger partial charge in [0, 0.05) is 37.0 Å². The first kappa shape index (κ1) is 32.9. The molecule has 1 aliphatic heterocycles. The predicted octanol–water partition coefficient (Wildman–Crippen LogP) is 4.33. The van der Waals surface area contributed by atoms with E-state index in [1.165, 1.54) is 0 Å². The second-order valence-corrected chi connectivity index (χ2v) is 11.8. The van der Waals surface area contributed by atoms with E-state index in [1.54, 1.807) is 17.0 Å². The Morgan fingerprint density at radius 2 is 1.69 bits per heavy atom. The van der Waals surface area contributed by atoms with Gasteiger partial charge in [-0.1, -0.05) is 81.4 Å². The lowest BCUT2D eigenvalue weighted by atomic mass is 9.94. The van der Waals surface area contributed by atoms with Crippen molar-refractivity contribution in [2.75, 3.05) is 19.6 Å². The Morgan fingerprint density at radius 3 is 2.43 bits per heavy atom. The summed E-state index contributed by atoms with van der Waals surface area (Å²) in [5.41, 5.74) is 1.18. The SMILES string of the molecule is CC(C)(C)C(=O)N1CCCC1C(=O)N[C@H](Cc1ccc2ccccc2c1)C(=O)NCCCNCc1ccccc1O.Cl. The van der Waals surface area contributed by atoms with Crippen molar-refractivity contribution in [3.8, 4) is 5.75 Å². The number of aromatic hydroxyl groups is 1. The van der Waals surface area contributed by atoms with E-state index < -0.39 is 17.5 Å². The second kappa shape index (κ2) is 15.0. The van der Waals surface area contributed by atoms with Crippen LogP contribution in [0.3, 0.4) is 0 Å². The van der Waals surface area contributed by atoms with Crippen LogP contribution in [-0.2, 0) is 27.3 Å². The van der Waals surface area contributed by atoms with Crippen molar-refractivity contribution < 1.29 is 19.5 Å². The maximum atomic E-state index is 13.5. The third-order valence-electron chi connectivity index (χ3n) is 7.48. The molecule has 0 radical (unpaired) electrons. The Balaban J connectivity index is 0.00000484. The molecular weight excluding hydrogens is 552 g/mol. The molecule has 42 heavy (non-hydrogen) atoms. The average Bonchev–Trinajstić information content (AvgIpc) is 3.44.